The number of carbonyl (C=O) groups excluding carboxylic acids is 1. The van der Waals surface area contributed by atoms with Crippen LogP contribution in [0.5, 0.6) is 5.75 Å². The number of likely N-dealkylation sites (tertiary alicyclic amines) is 1. The van der Waals surface area contributed by atoms with Crippen LogP contribution in [0.15, 0.2) is 22.7 Å². The van der Waals surface area contributed by atoms with Crippen LogP contribution in [-0.2, 0) is 4.79 Å². The van der Waals surface area contributed by atoms with E-state index in [1.165, 1.54) is 6.07 Å². The molecule has 20 heavy (non-hydrogen) atoms. The first kappa shape index (κ1) is 14.8. The molecule has 0 bridgehead atoms. The zero-order valence-corrected chi connectivity index (χ0v) is 12.7. The maximum atomic E-state index is 12.3. The smallest absolute Gasteiger partial charge is 0.311 e. The minimum Gasteiger partial charge on any atom is -0.507 e. The van der Waals surface area contributed by atoms with E-state index in [1.807, 2.05) is 6.92 Å². The molecule has 0 radical (unpaired) electrons. The largest absolute Gasteiger partial charge is 0.507 e. The Bertz CT molecular complexity index is 560. The first-order valence-electron chi connectivity index (χ1n) is 6.41. The first-order chi connectivity index (χ1) is 9.39. The molecule has 0 aliphatic carbocycles. The number of hydrogen-bond donors (Lipinski definition) is 2. The summed E-state index contributed by atoms with van der Waals surface area (Å²) in [6.07, 6.45) is 0.963. The highest BCUT2D eigenvalue weighted by molar-refractivity contribution is 9.10. The molecule has 0 saturated carbocycles. The lowest BCUT2D eigenvalue weighted by Gasteiger charge is -2.23. The lowest BCUT2D eigenvalue weighted by Crippen LogP contribution is -2.36. The summed E-state index contributed by atoms with van der Waals surface area (Å²) in [5.41, 5.74) is -0.476. The van der Waals surface area contributed by atoms with Crippen molar-refractivity contribution in [3.63, 3.8) is 0 Å². The summed E-state index contributed by atoms with van der Waals surface area (Å²) in [5.74, 6) is -1.10. The molecule has 1 aromatic carbocycles. The van der Waals surface area contributed by atoms with Crippen molar-refractivity contribution < 1.29 is 19.8 Å². The van der Waals surface area contributed by atoms with Crippen molar-refractivity contribution in [2.45, 2.75) is 19.8 Å². The van der Waals surface area contributed by atoms with E-state index in [4.69, 9.17) is 0 Å². The summed E-state index contributed by atoms with van der Waals surface area (Å²) in [6, 6.07) is 4.60. The molecule has 2 rings (SSSR count). The van der Waals surface area contributed by atoms with Crippen molar-refractivity contribution >= 4 is 27.8 Å². The molecular formula is C14H16BrNO4. The summed E-state index contributed by atoms with van der Waals surface area (Å²) < 4.78 is 0.518. The number of hydrogen-bond acceptors (Lipinski definition) is 3. The highest BCUT2D eigenvalue weighted by atomic mass is 79.9. The Kier molecular flexibility index (Phi) is 4.04. The second-order valence-corrected chi connectivity index (χ2v) is 5.94. The third-order valence-electron chi connectivity index (χ3n) is 3.96. The first-order valence-corrected chi connectivity index (χ1v) is 7.20. The number of benzene rings is 1. The molecule has 2 N–H and O–H groups in total. The third-order valence-corrected chi connectivity index (χ3v) is 4.64. The van der Waals surface area contributed by atoms with Crippen LogP contribution in [0.25, 0.3) is 0 Å². The van der Waals surface area contributed by atoms with E-state index in [0.717, 1.165) is 0 Å². The van der Waals surface area contributed by atoms with Gasteiger partial charge in [-0.2, -0.15) is 0 Å². The molecule has 1 heterocycles. The van der Waals surface area contributed by atoms with Gasteiger partial charge in [-0.05, 0) is 47.0 Å². The minimum atomic E-state index is -0.853. The van der Waals surface area contributed by atoms with Gasteiger partial charge < -0.3 is 15.1 Å². The Labute approximate surface area is 125 Å². The van der Waals surface area contributed by atoms with Crippen LogP contribution in [0.1, 0.15) is 30.1 Å². The van der Waals surface area contributed by atoms with Crippen molar-refractivity contribution in [2.75, 3.05) is 13.1 Å². The van der Waals surface area contributed by atoms with Crippen LogP contribution in [-0.4, -0.2) is 40.1 Å². The van der Waals surface area contributed by atoms with Gasteiger partial charge in [0.25, 0.3) is 5.91 Å². The quantitative estimate of drug-likeness (QED) is 0.885. The van der Waals surface area contributed by atoms with Crippen LogP contribution >= 0.6 is 15.9 Å². The number of phenols is 1. The van der Waals surface area contributed by atoms with Crippen LogP contribution < -0.4 is 0 Å². The van der Waals surface area contributed by atoms with Crippen LogP contribution in [0.2, 0.25) is 0 Å². The molecule has 108 valence electrons. The lowest BCUT2D eigenvalue weighted by molar-refractivity contribution is -0.148. The molecule has 1 aromatic rings. The number of phenolic OH excluding ortho intramolecular Hbond substituents is 1. The molecule has 5 nitrogen and oxygen atoms in total. The topological polar surface area (TPSA) is 77.8 Å². The van der Waals surface area contributed by atoms with Gasteiger partial charge in [0.2, 0.25) is 0 Å². The van der Waals surface area contributed by atoms with Gasteiger partial charge in [-0.15, -0.1) is 0 Å². The third kappa shape index (κ3) is 2.52. The van der Waals surface area contributed by atoms with Crippen LogP contribution in [0.4, 0.5) is 0 Å². The molecule has 1 aliphatic heterocycles. The number of halogens is 1. The Morgan fingerprint density at radius 2 is 2.15 bits per heavy atom. The van der Waals surface area contributed by atoms with E-state index >= 15 is 0 Å². The zero-order valence-electron chi connectivity index (χ0n) is 11.1. The number of carboxylic acids is 1. The fraction of sp³-hybridized carbons (Fsp3) is 0.429. The number of rotatable bonds is 3. The van der Waals surface area contributed by atoms with Crippen molar-refractivity contribution in [3.05, 3.63) is 28.2 Å². The Morgan fingerprint density at radius 1 is 1.45 bits per heavy atom. The van der Waals surface area contributed by atoms with Gasteiger partial charge in [-0.3, -0.25) is 9.59 Å². The Morgan fingerprint density at radius 3 is 2.65 bits per heavy atom. The van der Waals surface area contributed by atoms with Crippen molar-refractivity contribution in [3.8, 4) is 5.75 Å². The molecule has 1 amide bonds. The number of aromatic hydroxyl groups is 1. The normalized spacial score (nSPS) is 22.0. The lowest BCUT2D eigenvalue weighted by atomic mass is 9.84. The van der Waals surface area contributed by atoms with Gasteiger partial charge >= 0.3 is 5.97 Å². The van der Waals surface area contributed by atoms with E-state index in [1.54, 1.807) is 17.0 Å². The van der Waals surface area contributed by atoms with E-state index in [-0.39, 0.29) is 18.2 Å². The molecule has 0 spiro atoms. The van der Waals surface area contributed by atoms with Gasteiger partial charge in [0.1, 0.15) is 5.75 Å². The summed E-state index contributed by atoms with van der Waals surface area (Å²) in [5, 5.41) is 18.9. The molecular weight excluding hydrogens is 326 g/mol. The maximum absolute atomic E-state index is 12.3. The number of amides is 1. The summed E-state index contributed by atoms with van der Waals surface area (Å²) in [7, 11) is 0. The van der Waals surface area contributed by atoms with E-state index in [0.29, 0.717) is 29.4 Å². The SMILES string of the molecule is CCC1(C(=O)O)CCN(C(=O)c2ccc(Br)c(O)c2)C1. The highest BCUT2D eigenvalue weighted by Crippen LogP contribution is 2.35. The number of carbonyl (C=O) groups is 2. The minimum absolute atomic E-state index is 0.00460. The van der Waals surface area contributed by atoms with Gasteiger partial charge in [-0.1, -0.05) is 6.92 Å². The molecule has 1 unspecified atom stereocenters. The number of nitrogens with zero attached hydrogens (tertiary/aromatic N) is 1. The summed E-state index contributed by atoms with van der Waals surface area (Å²) in [4.78, 5) is 25.3. The van der Waals surface area contributed by atoms with Crippen molar-refractivity contribution in [2.24, 2.45) is 5.41 Å². The van der Waals surface area contributed by atoms with Crippen LogP contribution in [0, 0.1) is 5.41 Å². The van der Waals surface area contributed by atoms with Gasteiger partial charge in [-0.25, -0.2) is 0 Å². The second kappa shape index (κ2) is 5.44. The number of aliphatic carboxylic acids is 1. The Balaban J connectivity index is 2.19. The molecule has 1 fully saturated rings. The van der Waals surface area contributed by atoms with E-state index in [9.17, 15) is 19.8 Å². The van der Waals surface area contributed by atoms with Crippen LogP contribution in [0.3, 0.4) is 0 Å². The van der Waals surface area contributed by atoms with E-state index < -0.39 is 11.4 Å². The predicted molar refractivity (Wildman–Crippen MR) is 76.7 cm³/mol. The molecule has 1 saturated heterocycles. The van der Waals surface area contributed by atoms with Crippen molar-refractivity contribution in [1.29, 1.82) is 0 Å². The number of carboxylic acid groups (broad SMARTS) is 1. The average Bonchev–Trinajstić information content (AvgIpc) is 2.87. The van der Waals surface area contributed by atoms with Crippen molar-refractivity contribution in [1.82, 2.24) is 4.90 Å². The zero-order chi connectivity index (χ0) is 14.9. The van der Waals surface area contributed by atoms with Gasteiger partial charge in [0.15, 0.2) is 0 Å². The summed E-state index contributed by atoms with van der Waals surface area (Å²) in [6.45, 7) is 2.47. The highest BCUT2D eigenvalue weighted by Gasteiger charge is 2.44. The molecule has 1 aliphatic rings. The molecule has 6 heteroatoms. The fourth-order valence-electron chi connectivity index (χ4n) is 2.49. The van der Waals surface area contributed by atoms with Gasteiger partial charge in [0, 0.05) is 18.7 Å². The monoisotopic (exact) mass is 341 g/mol. The predicted octanol–water partition coefficient (Wildman–Crippen LogP) is 2.48. The standard InChI is InChI=1S/C14H16BrNO4/c1-2-14(13(19)20)5-6-16(8-14)12(18)9-3-4-10(15)11(17)7-9/h3-4,7,17H,2,5-6,8H2,1H3,(H,19,20). The van der Waals surface area contributed by atoms with Gasteiger partial charge in [0.05, 0.1) is 9.89 Å². The fourth-order valence-corrected chi connectivity index (χ4v) is 2.74. The maximum Gasteiger partial charge on any atom is 0.311 e. The average molecular weight is 342 g/mol. The Hall–Kier alpha value is -1.56. The second-order valence-electron chi connectivity index (χ2n) is 5.08. The van der Waals surface area contributed by atoms with E-state index in [2.05, 4.69) is 15.9 Å². The summed E-state index contributed by atoms with van der Waals surface area (Å²) >= 11 is 3.16. The molecule has 0 aromatic heterocycles. The molecule has 1 atom stereocenters.